The van der Waals surface area contributed by atoms with E-state index in [0.717, 1.165) is 18.1 Å². The number of rotatable bonds is 6. The molecule has 0 heterocycles. The van der Waals surface area contributed by atoms with Gasteiger partial charge in [0.05, 0.1) is 0 Å². The molecule has 1 nitrogen and oxygen atoms in total. The van der Waals surface area contributed by atoms with Crippen molar-refractivity contribution in [3.8, 4) is 0 Å². The van der Waals surface area contributed by atoms with E-state index in [1.54, 1.807) is 0 Å². The van der Waals surface area contributed by atoms with E-state index in [0.29, 0.717) is 5.92 Å². The number of halogens is 1. The number of hydrogen-bond acceptors (Lipinski definition) is 2. The second kappa shape index (κ2) is 7.21. The summed E-state index contributed by atoms with van der Waals surface area (Å²) in [4.78, 5) is 0. The average molecular weight is 258 g/mol. The van der Waals surface area contributed by atoms with Crippen LogP contribution in [0.15, 0.2) is 18.2 Å². The van der Waals surface area contributed by atoms with Crippen molar-refractivity contribution >= 4 is 23.4 Å². The molecule has 0 aliphatic carbocycles. The van der Waals surface area contributed by atoms with Crippen molar-refractivity contribution in [2.45, 2.75) is 20.4 Å². The first kappa shape index (κ1) is 13.9. The predicted molar refractivity (Wildman–Crippen MR) is 75.4 cm³/mol. The third-order valence-corrected chi connectivity index (χ3v) is 3.72. The lowest BCUT2D eigenvalue weighted by Crippen LogP contribution is -2.22. The molecule has 0 bridgehead atoms. The molecule has 3 heteroatoms. The van der Waals surface area contributed by atoms with Gasteiger partial charge >= 0.3 is 0 Å². The number of aryl methyl sites for hydroxylation is 1. The van der Waals surface area contributed by atoms with E-state index in [2.05, 4.69) is 37.6 Å². The van der Waals surface area contributed by atoms with E-state index in [4.69, 9.17) is 11.6 Å². The van der Waals surface area contributed by atoms with E-state index < -0.39 is 0 Å². The van der Waals surface area contributed by atoms with Crippen LogP contribution in [0.5, 0.6) is 0 Å². The Bertz CT molecular complexity index is 328. The minimum Gasteiger partial charge on any atom is -0.312 e. The van der Waals surface area contributed by atoms with Crippen molar-refractivity contribution in [2.75, 3.05) is 18.6 Å². The third-order valence-electron chi connectivity index (χ3n) is 2.47. The molecule has 90 valence electrons. The zero-order valence-corrected chi connectivity index (χ0v) is 11.8. The van der Waals surface area contributed by atoms with Crippen LogP contribution in [-0.4, -0.2) is 18.6 Å². The molecule has 0 aromatic heterocycles. The second-order valence-corrected chi connectivity index (χ2v) is 5.60. The van der Waals surface area contributed by atoms with Crippen molar-refractivity contribution in [1.82, 2.24) is 5.32 Å². The van der Waals surface area contributed by atoms with Crippen molar-refractivity contribution in [3.63, 3.8) is 0 Å². The normalized spacial score (nSPS) is 12.8. The van der Waals surface area contributed by atoms with Gasteiger partial charge in [0.2, 0.25) is 0 Å². The number of hydrogen-bond donors (Lipinski definition) is 1. The van der Waals surface area contributed by atoms with Crippen LogP contribution in [0.3, 0.4) is 0 Å². The van der Waals surface area contributed by atoms with Gasteiger partial charge in [-0.15, -0.1) is 0 Å². The topological polar surface area (TPSA) is 12.0 Å². The summed E-state index contributed by atoms with van der Waals surface area (Å²) in [6, 6.07) is 6.22. The zero-order valence-electron chi connectivity index (χ0n) is 10.2. The van der Waals surface area contributed by atoms with Crippen molar-refractivity contribution in [1.29, 1.82) is 0 Å². The Morgan fingerprint density at radius 3 is 2.81 bits per heavy atom. The van der Waals surface area contributed by atoms with Crippen LogP contribution >= 0.6 is 23.4 Å². The Labute approximate surface area is 108 Å². The Morgan fingerprint density at radius 1 is 1.44 bits per heavy atom. The maximum absolute atomic E-state index is 6.16. The van der Waals surface area contributed by atoms with Crippen LogP contribution in [0.4, 0.5) is 0 Å². The molecule has 0 fully saturated rings. The van der Waals surface area contributed by atoms with Crippen LogP contribution in [0, 0.1) is 12.8 Å². The van der Waals surface area contributed by atoms with Gasteiger partial charge in [0.1, 0.15) is 0 Å². The van der Waals surface area contributed by atoms with Gasteiger partial charge in [-0.05, 0) is 48.6 Å². The standard InChI is InChI=1S/C13H20ClNS/c1-10-4-5-12(13(14)6-10)8-15-7-11(2)9-16-3/h4-6,11,15H,7-9H2,1-3H3. The summed E-state index contributed by atoms with van der Waals surface area (Å²) < 4.78 is 0. The molecule has 1 N–H and O–H groups in total. The number of nitrogens with one attached hydrogen (secondary N) is 1. The molecule has 0 aliphatic heterocycles. The van der Waals surface area contributed by atoms with Crippen molar-refractivity contribution in [3.05, 3.63) is 34.3 Å². The SMILES string of the molecule is CSCC(C)CNCc1ccc(C)cc1Cl. The predicted octanol–water partition coefficient (Wildman–Crippen LogP) is 3.74. The Morgan fingerprint density at radius 2 is 2.19 bits per heavy atom. The second-order valence-electron chi connectivity index (χ2n) is 4.29. The maximum Gasteiger partial charge on any atom is 0.0453 e. The van der Waals surface area contributed by atoms with Gasteiger partial charge in [0.25, 0.3) is 0 Å². The molecule has 1 atom stereocenters. The first-order valence-electron chi connectivity index (χ1n) is 5.58. The Balaban J connectivity index is 2.37. The highest BCUT2D eigenvalue weighted by Crippen LogP contribution is 2.17. The lowest BCUT2D eigenvalue weighted by molar-refractivity contribution is 0.559. The molecule has 16 heavy (non-hydrogen) atoms. The van der Waals surface area contributed by atoms with E-state index in [9.17, 15) is 0 Å². The molecule has 0 aliphatic rings. The smallest absolute Gasteiger partial charge is 0.0453 e. The summed E-state index contributed by atoms with van der Waals surface area (Å²) in [7, 11) is 0. The monoisotopic (exact) mass is 257 g/mol. The fourth-order valence-corrected chi connectivity index (χ4v) is 2.58. The quantitative estimate of drug-likeness (QED) is 0.833. The highest BCUT2D eigenvalue weighted by atomic mass is 35.5. The molecule has 0 amide bonds. The van der Waals surface area contributed by atoms with Gasteiger partial charge in [-0.3, -0.25) is 0 Å². The van der Waals surface area contributed by atoms with Gasteiger partial charge in [-0.25, -0.2) is 0 Å². The largest absolute Gasteiger partial charge is 0.312 e. The van der Waals surface area contributed by atoms with Crippen LogP contribution < -0.4 is 5.32 Å². The lowest BCUT2D eigenvalue weighted by Gasteiger charge is -2.12. The molecule has 1 aromatic rings. The fraction of sp³-hybridized carbons (Fsp3) is 0.538. The van der Waals surface area contributed by atoms with Crippen LogP contribution in [0.25, 0.3) is 0 Å². The number of thioether (sulfide) groups is 1. The van der Waals surface area contributed by atoms with Gasteiger partial charge in [0, 0.05) is 11.6 Å². The van der Waals surface area contributed by atoms with E-state index in [1.165, 1.54) is 16.9 Å². The summed E-state index contributed by atoms with van der Waals surface area (Å²) in [6.07, 6.45) is 2.15. The molecular weight excluding hydrogens is 238 g/mol. The van der Waals surface area contributed by atoms with Crippen molar-refractivity contribution in [2.24, 2.45) is 5.92 Å². The van der Waals surface area contributed by atoms with Gasteiger partial charge in [-0.1, -0.05) is 30.7 Å². The van der Waals surface area contributed by atoms with E-state index in [-0.39, 0.29) is 0 Å². The molecule has 0 saturated carbocycles. The maximum atomic E-state index is 6.16. The Hall–Kier alpha value is -0.180. The van der Waals surface area contributed by atoms with Crippen LogP contribution in [-0.2, 0) is 6.54 Å². The first-order valence-corrected chi connectivity index (χ1v) is 7.35. The minimum absolute atomic E-state index is 0.708. The highest BCUT2D eigenvalue weighted by Gasteiger charge is 2.02. The zero-order chi connectivity index (χ0) is 12.0. The highest BCUT2D eigenvalue weighted by molar-refractivity contribution is 7.98. The van der Waals surface area contributed by atoms with Gasteiger partial charge < -0.3 is 5.32 Å². The summed E-state index contributed by atoms with van der Waals surface area (Å²) >= 11 is 8.06. The molecule has 1 unspecified atom stereocenters. The molecule has 1 aromatic carbocycles. The molecule has 0 spiro atoms. The summed E-state index contributed by atoms with van der Waals surface area (Å²) in [5, 5.41) is 4.31. The van der Waals surface area contributed by atoms with Crippen molar-refractivity contribution < 1.29 is 0 Å². The average Bonchev–Trinajstić information content (AvgIpc) is 2.22. The summed E-state index contributed by atoms with van der Waals surface area (Å²) in [6.45, 7) is 6.23. The summed E-state index contributed by atoms with van der Waals surface area (Å²) in [5.74, 6) is 1.91. The summed E-state index contributed by atoms with van der Waals surface area (Å²) in [5.41, 5.74) is 2.40. The molecular formula is C13H20ClNS. The van der Waals surface area contributed by atoms with Crippen LogP contribution in [0.2, 0.25) is 5.02 Å². The van der Waals surface area contributed by atoms with E-state index in [1.807, 2.05) is 17.8 Å². The molecule has 0 radical (unpaired) electrons. The fourth-order valence-electron chi connectivity index (χ4n) is 1.59. The minimum atomic E-state index is 0.708. The Kier molecular flexibility index (Phi) is 6.25. The first-order chi connectivity index (χ1) is 7.63. The number of benzene rings is 1. The molecule has 1 rings (SSSR count). The van der Waals surface area contributed by atoms with Gasteiger partial charge in [-0.2, -0.15) is 11.8 Å². The molecule has 0 saturated heterocycles. The van der Waals surface area contributed by atoms with Crippen LogP contribution in [0.1, 0.15) is 18.1 Å². The lowest BCUT2D eigenvalue weighted by atomic mass is 10.1. The van der Waals surface area contributed by atoms with E-state index >= 15 is 0 Å². The van der Waals surface area contributed by atoms with Gasteiger partial charge in [0.15, 0.2) is 0 Å². The third kappa shape index (κ3) is 4.77.